The van der Waals surface area contributed by atoms with Crippen molar-refractivity contribution in [2.75, 3.05) is 14.2 Å². The highest BCUT2D eigenvalue weighted by Gasteiger charge is 2.21. The van der Waals surface area contributed by atoms with Gasteiger partial charge in [0.15, 0.2) is 0 Å². The summed E-state index contributed by atoms with van der Waals surface area (Å²) in [5.74, 6) is 1.04. The molecule has 0 aliphatic rings. The van der Waals surface area contributed by atoms with E-state index >= 15 is 0 Å². The van der Waals surface area contributed by atoms with Gasteiger partial charge < -0.3 is 20.1 Å². The van der Waals surface area contributed by atoms with Crippen LogP contribution in [-0.4, -0.2) is 26.0 Å². The summed E-state index contributed by atoms with van der Waals surface area (Å²) < 4.78 is 10.4. The van der Waals surface area contributed by atoms with Crippen LogP contribution >= 0.6 is 11.3 Å². The highest BCUT2D eigenvalue weighted by molar-refractivity contribution is 7.10. The first kappa shape index (κ1) is 25.1. The maximum Gasteiger partial charge on any atom is 0.268 e. The second-order valence-corrected chi connectivity index (χ2v) is 9.16. The predicted molar refractivity (Wildman–Crippen MR) is 136 cm³/mol. The molecule has 178 valence electrons. The second-order valence-electron chi connectivity index (χ2n) is 8.18. The lowest BCUT2D eigenvalue weighted by Gasteiger charge is -2.22. The molecular weight excluding hydrogens is 448 g/mol. The molecule has 6 nitrogen and oxygen atoms in total. The fourth-order valence-corrected chi connectivity index (χ4v) is 4.09. The van der Waals surface area contributed by atoms with Crippen molar-refractivity contribution in [1.29, 1.82) is 0 Å². The van der Waals surface area contributed by atoms with E-state index in [1.807, 2.05) is 41.8 Å². The van der Waals surface area contributed by atoms with Crippen LogP contribution in [0.4, 0.5) is 0 Å². The van der Waals surface area contributed by atoms with Gasteiger partial charge in [0.1, 0.15) is 17.2 Å². The Labute approximate surface area is 204 Å². The minimum Gasteiger partial charge on any atom is -0.497 e. The highest BCUT2D eigenvalue weighted by Crippen LogP contribution is 2.24. The van der Waals surface area contributed by atoms with Crippen LogP contribution in [0.3, 0.4) is 0 Å². The van der Waals surface area contributed by atoms with E-state index in [0.29, 0.717) is 17.2 Å². The predicted octanol–water partition coefficient (Wildman–Crippen LogP) is 5.44. The topological polar surface area (TPSA) is 76.7 Å². The number of nitrogens with one attached hydrogen (secondary N) is 2. The number of carbonyl (C=O) groups is 2. The Kier molecular flexibility index (Phi) is 8.87. The number of rotatable bonds is 10. The van der Waals surface area contributed by atoms with Crippen LogP contribution in [0.2, 0.25) is 0 Å². The van der Waals surface area contributed by atoms with Gasteiger partial charge in [-0.15, -0.1) is 11.3 Å². The van der Waals surface area contributed by atoms with Gasteiger partial charge in [0.2, 0.25) is 0 Å². The SMILES string of the molecule is COc1ccc(C(=O)N/C(=C\c2cccs2)C(=O)N[C@@H](CC(C)C)c2ccc(OC)cc2)cc1. The molecule has 1 atom stereocenters. The minimum absolute atomic E-state index is 0.186. The van der Waals surface area contributed by atoms with Gasteiger partial charge in [-0.05, 0) is 71.8 Å². The first-order valence-corrected chi connectivity index (χ1v) is 11.9. The monoisotopic (exact) mass is 478 g/mol. The molecule has 0 radical (unpaired) electrons. The maximum atomic E-state index is 13.4. The zero-order valence-electron chi connectivity index (χ0n) is 19.8. The van der Waals surface area contributed by atoms with E-state index in [0.717, 1.165) is 22.6 Å². The fraction of sp³-hybridized carbons (Fsp3) is 0.259. The molecule has 0 bridgehead atoms. The second kappa shape index (κ2) is 12.0. The lowest BCUT2D eigenvalue weighted by molar-refractivity contribution is -0.118. The Bertz CT molecular complexity index is 1100. The normalized spacial score (nSPS) is 12.2. The van der Waals surface area contributed by atoms with Gasteiger partial charge in [-0.3, -0.25) is 9.59 Å². The summed E-state index contributed by atoms with van der Waals surface area (Å²) in [6.45, 7) is 4.22. The average Bonchev–Trinajstić information content (AvgIpc) is 3.36. The molecule has 2 aromatic carbocycles. The van der Waals surface area contributed by atoms with Crippen LogP contribution < -0.4 is 20.1 Å². The van der Waals surface area contributed by atoms with Crippen LogP contribution in [0.5, 0.6) is 11.5 Å². The van der Waals surface area contributed by atoms with Gasteiger partial charge in [-0.1, -0.05) is 32.0 Å². The van der Waals surface area contributed by atoms with Crippen molar-refractivity contribution >= 4 is 29.2 Å². The van der Waals surface area contributed by atoms with E-state index in [4.69, 9.17) is 9.47 Å². The number of benzene rings is 2. The van der Waals surface area contributed by atoms with Gasteiger partial charge in [0.25, 0.3) is 11.8 Å². The van der Waals surface area contributed by atoms with E-state index in [9.17, 15) is 9.59 Å². The molecule has 0 fully saturated rings. The van der Waals surface area contributed by atoms with Gasteiger partial charge in [0.05, 0.1) is 20.3 Å². The van der Waals surface area contributed by atoms with Crippen LogP contribution in [-0.2, 0) is 4.79 Å². The smallest absolute Gasteiger partial charge is 0.268 e. The third-order valence-electron chi connectivity index (χ3n) is 5.21. The third kappa shape index (κ3) is 6.96. The standard InChI is InChI=1S/C27H30N2O4S/c1-18(2)16-24(19-7-11-21(32-3)12-8-19)28-27(31)25(17-23-6-5-15-34-23)29-26(30)20-9-13-22(33-4)14-10-20/h5-15,17-18,24H,16H2,1-4H3,(H,28,31)(H,29,30)/b25-17-/t24-/m0/s1. The number of methoxy groups -OCH3 is 2. The lowest BCUT2D eigenvalue weighted by Crippen LogP contribution is -2.37. The highest BCUT2D eigenvalue weighted by atomic mass is 32.1. The van der Waals surface area contributed by atoms with Crippen molar-refractivity contribution in [1.82, 2.24) is 10.6 Å². The average molecular weight is 479 g/mol. The van der Waals surface area contributed by atoms with Crippen LogP contribution in [0.15, 0.2) is 71.7 Å². The molecule has 2 amide bonds. The number of carbonyl (C=O) groups excluding carboxylic acids is 2. The van der Waals surface area contributed by atoms with Crippen LogP contribution in [0, 0.1) is 5.92 Å². The first-order chi connectivity index (χ1) is 16.4. The summed E-state index contributed by atoms with van der Waals surface area (Å²) in [6, 6.07) is 18.0. The molecular formula is C27H30N2O4S. The number of thiophene rings is 1. The van der Waals surface area contributed by atoms with Crippen molar-refractivity contribution in [3.05, 3.63) is 87.7 Å². The number of hydrogen-bond donors (Lipinski definition) is 2. The summed E-state index contributed by atoms with van der Waals surface area (Å²) >= 11 is 1.49. The molecule has 0 saturated carbocycles. The molecule has 1 aromatic heterocycles. The minimum atomic E-state index is -0.370. The van der Waals surface area contributed by atoms with Crippen LogP contribution in [0.1, 0.15) is 47.1 Å². The summed E-state index contributed by atoms with van der Waals surface area (Å²) in [5, 5.41) is 7.83. The molecule has 1 heterocycles. The van der Waals surface area contributed by atoms with Gasteiger partial charge in [0, 0.05) is 10.4 Å². The Morgan fingerprint density at radius 1 is 0.941 bits per heavy atom. The van der Waals surface area contributed by atoms with Crippen molar-refractivity contribution in [3.63, 3.8) is 0 Å². The molecule has 0 saturated heterocycles. The molecule has 0 unspecified atom stereocenters. The lowest BCUT2D eigenvalue weighted by atomic mass is 9.96. The molecule has 2 N–H and O–H groups in total. The summed E-state index contributed by atoms with van der Waals surface area (Å²) in [4.78, 5) is 27.2. The number of ether oxygens (including phenoxy) is 2. The van der Waals surface area contributed by atoms with Crippen molar-refractivity contribution in [3.8, 4) is 11.5 Å². The molecule has 3 aromatic rings. The zero-order chi connectivity index (χ0) is 24.5. The number of amides is 2. The van der Waals surface area contributed by atoms with Crippen molar-refractivity contribution < 1.29 is 19.1 Å². The van der Waals surface area contributed by atoms with Gasteiger partial charge in [-0.25, -0.2) is 0 Å². The van der Waals surface area contributed by atoms with Gasteiger partial charge in [-0.2, -0.15) is 0 Å². The molecule has 3 rings (SSSR count). The van der Waals surface area contributed by atoms with E-state index in [1.54, 1.807) is 44.6 Å². The molecule has 7 heteroatoms. The summed E-state index contributed by atoms with van der Waals surface area (Å²) in [6.07, 6.45) is 2.44. The summed E-state index contributed by atoms with van der Waals surface area (Å²) in [7, 11) is 3.19. The molecule has 34 heavy (non-hydrogen) atoms. The first-order valence-electron chi connectivity index (χ1n) is 11.0. The fourth-order valence-electron chi connectivity index (χ4n) is 3.43. The Morgan fingerprint density at radius 2 is 1.56 bits per heavy atom. The molecule has 0 spiro atoms. The Morgan fingerprint density at radius 3 is 2.09 bits per heavy atom. The summed E-state index contributed by atoms with van der Waals surface area (Å²) in [5.41, 5.74) is 1.59. The number of hydrogen-bond acceptors (Lipinski definition) is 5. The Hall–Kier alpha value is -3.58. The third-order valence-corrected chi connectivity index (χ3v) is 6.02. The zero-order valence-corrected chi connectivity index (χ0v) is 20.6. The van der Waals surface area contributed by atoms with Gasteiger partial charge >= 0.3 is 0 Å². The Balaban J connectivity index is 1.84. The maximum absolute atomic E-state index is 13.4. The van der Waals surface area contributed by atoms with E-state index in [-0.39, 0.29) is 23.6 Å². The van der Waals surface area contributed by atoms with E-state index in [2.05, 4.69) is 24.5 Å². The largest absolute Gasteiger partial charge is 0.497 e. The van der Waals surface area contributed by atoms with E-state index in [1.165, 1.54) is 11.3 Å². The molecule has 0 aliphatic carbocycles. The quantitative estimate of drug-likeness (QED) is 0.381. The van der Waals surface area contributed by atoms with Crippen molar-refractivity contribution in [2.45, 2.75) is 26.3 Å². The molecule has 0 aliphatic heterocycles. The van der Waals surface area contributed by atoms with E-state index < -0.39 is 0 Å². The van der Waals surface area contributed by atoms with Crippen molar-refractivity contribution in [2.24, 2.45) is 5.92 Å². The van der Waals surface area contributed by atoms with Crippen LogP contribution in [0.25, 0.3) is 6.08 Å².